The first-order valence-electron chi connectivity index (χ1n) is 9.73. The Labute approximate surface area is 174 Å². The normalized spacial score (nSPS) is 16.8. The molecule has 1 aliphatic rings. The first-order chi connectivity index (χ1) is 14.0. The molecule has 3 aromatic heterocycles. The Bertz CT molecular complexity index is 1020. The molecule has 4 heterocycles. The van der Waals surface area contributed by atoms with E-state index < -0.39 is 0 Å². The number of hydrogen-bond donors (Lipinski definition) is 1. The lowest BCUT2D eigenvalue weighted by Crippen LogP contribution is -2.40. The lowest BCUT2D eigenvalue weighted by molar-refractivity contribution is -0.131. The highest BCUT2D eigenvalue weighted by atomic mass is 32.1. The Morgan fingerprint density at radius 1 is 1.21 bits per heavy atom. The second kappa shape index (κ2) is 8.24. The number of amides is 1. The topological polar surface area (TPSA) is 97.9 Å². The van der Waals surface area contributed by atoms with Gasteiger partial charge >= 0.3 is 0 Å². The van der Waals surface area contributed by atoms with Crippen LogP contribution in [0.15, 0.2) is 29.9 Å². The second-order valence-corrected chi connectivity index (χ2v) is 8.53. The highest BCUT2D eigenvalue weighted by Crippen LogP contribution is 2.29. The largest absolute Gasteiger partial charge is 0.368 e. The third-order valence-corrected chi connectivity index (χ3v) is 5.99. The number of aryl methyl sites for hydroxylation is 2. The molecule has 0 spiro atoms. The van der Waals surface area contributed by atoms with Crippen molar-refractivity contribution in [2.45, 2.75) is 39.0 Å². The van der Waals surface area contributed by atoms with Gasteiger partial charge in [-0.25, -0.2) is 15.0 Å². The van der Waals surface area contributed by atoms with Crippen molar-refractivity contribution in [3.8, 4) is 11.1 Å². The number of nitrogens with two attached hydrogens (primary N) is 1. The lowest BCUT2D eigenvalue weighted by Gasteiger charge is -2.32. The van der Waals surface area contributed by atoms with Crippen LogP contribution in [0.1, 0.15) is 40.8 Å². The Kier molecular flexibility index (Phi) is 5.53. The van der Waals surface area contributed by atoms with E-state index in [1.165, 1.54) is 0 Å². The Morgan fingerprint density at radius 3 is 2.72 bits per heavy atom. The van der Waals surface area contributed by atoms with Crippen molar-refractivity contribution < 1.29 is 4.79 Å². The fourth-order valence-electron chi connectivity index (χ4n) is 3.76. The Hall–Kier alpha value is -2.87. The second-order valence-electron chi connectivity index (χ2n) is 7.47. The number of piperidine rings is 1. The average molecular weight is 409 g/mol. The zero-order valence-electron chi connectivity index (χ0n) is 16.6. The van der Waals surface area contributed by atoms with Crippen LogP contribution >= 0.6 is 11.3 Å². The van der Waals surface area contributed by atoms with Crippen molar-refractivity contribution in [1.82, 2.24) is 24.8 Å². The van der Waals surface area contributed by atoms with Crippen molar-refractivity contribution in [2.24, 2.45) is 0 Å². The fraction of sp³-hybridized carbons (Fsp3) is 0.381. The molecule has 0 aliphatic carbocycles. The summed E-state index contributed by atoms with van der Waals surface area (Å²) in [6, 6.07) is 4.11. The van der Waals surface area contributed by atoms with Gasteiger partial charge in [-0.1, -0.05) is 0 Å². The predicted molar refractivity (Wildman–Crippen MR) is 114 cm³/mol. The smallest absolute Gasteiger partial charge is 0.228 e. The summed E-state index contributed by atoms with van der Waals surface area (Å²) in [5.74, 6) is 0.620. The predicted octanol–water partition coefficient (Wildman–Crippen LogP) is 3.14. The third kappa shape index (κ3) is 4.59. The Morgan fingerprint density at radius 2 is 2.00 bits per heavy atom. The van der Waals surface area contributed by atoms with Gasteiger partial charge in [0.15, 0.2) is 0 Å². The van der Waals surface area contributed by atoms with Gasteiger partial charge < -0.3 is 10.6 Å². The number of nitrogens with zero attached hydrogens (tertiary/aromatic N) is 5. The summed E-state index contributed by atoms with van der Waals surface area (Å²) in [6.07, 6.45) is 5.82. The molecule has 0 saturated carbocycles. The molecule has 8 heteroatoms. The van der Waals surface area contributed by atoms with Gasteiger partial charge in [0, 0.05) is 53.7 Å². The van der Waals surface area contributed by atoms with Gasteiger partial charge in [0.05, 0.1) is 17.1 Å². The molecule has 3 aromatic rings. The maximum atomic E-state index is 12.8. The maximum absolute atomic E-state index is 12.8. The molecule has 1 aliphatic heterocycles. The summed E-state index contributed by atoms with van der Waals surface area (Å²) in [6.45, 7) is 5.43. The molecule has 1 saturated heterocycles. The van der Waals surface area contributed by atoms with Crippen molar-refractivity contribution in [3.63, 3.8) is 0 Å². The molecule has 150 valence electrons. The highest BCUT2D eigenvalue weighted by Gasteiger charge is 2.26. The molecule has 0 radical (unpaired) electrons. The number of carbonyl (C=O) groups excluding carboxylic acids is 1. The van der Waals surface area contributed by atoms with Crippen molar-refractivity contribution in [3.05, 3.63) is 52.0 Å². The molecule has 1 amide bonds. The van der Waals surface area contributed by atoms with Gasteiger partial charge in [0.1, 0.15) is 0 Å². The van der Waals surface area contributed by atoms with Gasteiger partial charge in [-0.05, 0) is 44.4 Å². The minimum absolute atomic E-state index is 0.139. The van der Waals surface area contributed by atoms with E-state index in [1.54, 1.807) is 23.7 Å². The van der Waals surface area contributed by atoms with Crippen LogP contribution in [-0.2, 0) is 11.2 Å². The van der Waals surface area contributed by atoms with Crippen LogP contribution in [0.25, 0.3) is 11.1 Å². The molecule has 29 heavy (non-hydrogen) atoms. The molecule has 1 fully saturated rings. The van der Waals surface area contributed by atoms with Gasteiger partial charge in [-0.3, -0.25) is 9.78 Å². The third-order valence-electron chi connectivity index (χ3n) is 5.17. The van der Waals surface area contributed by atoms with E-state index in [2.05, 4.69) is 21.0 Å². The van der Waals surface area contributed by atoms with E-state index in [1.807, 2.05) is 30.2 Å². The maximum Gasteiger partial charge on any atom is 0.228 e. The van der Waals surface area contributed by atoms with E-state index in [-0.39, 0.29) is 17.8 Å². The molecular weight excluding hydrogens is 384 g/mol. The van der Waals surface area contributed by atoms with Crippen LogP contribution < -0.4 is 5.73 Å². The first kappa shape index (κ1) is 19.4. The summed E-state index contributed by atoms with van der Waals surface area (Å²) in [5.41, 5.74) is 10.4. The van der Waals surface area contributed by atoms with E-state index in [9.17, 15) is 4.79 Å². The van der Waals surface area contributed by atoms with Crippen LogP contribution in [0, 0.1) is 13.8 Å². The minimum Gasteiger partial charge on any atom is -0.368 e. The van der Waals surface area contributed by atoms with Crippen LogP contribution in [0.2, 0.25) is 0 Å². The van der Waals surface area contributed by atoms with Crippen LogP contribution in [-0.4, -0.2) is 43.8 Å². The summed E-state index contributed by atoms with van der Waals surface area (Å²) in [7, 11) is 0. The number of thiazole rings is 1. The quantitative estimate of drug-likeness (QED) is 0.712. The number of anilines is 1. The van der Waals surface area contributed by atoms with E-state index >= 15 is 0 Å². The monoisotopic (exact) mass is 408 g/mol. The average Bonchev–Trinajstić information content (AvgIpc) is 3.12. The van der Waals surface area contributed by atoms with E-state index in [0.29, 0.717) is 13.0 Å². The molecule has 4 rings (SSSR count). The number of hydrogen-bond acceptors (Lipinski definition) is 7. The number of carbonyl (C=O) groups is 1. The van der Waals surface area contributed by atoms with Crippen LogP contribution in [0.4, 0.5) is 5.95 Å². The van der Waals surface area contributed by atoms with Crippen molar-refractivity contribution in [2.75, 3.05) is 18.8 Å². The molecule has 0 unspecified atom stereocenters. The minimum atomic E-state index is 0.139. The summed E-state index contributed by atoms with van der Waals surface area (Å²) in [5, 5.41) is 2.96. The molecule has 7 nitrogen and oxygen atoms in total. The van der Waals surface area contributed by atoms with Gasteiger partial charge in [-0.15, -0.1) is 11.3 Å². The fourth-order valence-corrected chi connectivity index (χ4v) is 4.37. The zero-order valence-corrected chi connectivity index (χ0v) is 17.4. The molecule has 2 N–H and O–H groups in total. The highest BCUT2D eigenvalue weighted by molar-refractivity contribution is 7.09. The lowest BCUT2D eigenvalue weighted by atomic mass is 9.92. The summed E-state index contributed by atoms with van der Waals surface area (Å²) in [4.78, 5) is 32.1. The van der Waals surface area contributed by atoms with Crippen LogP contribution in [0.3, 0.4) is 0 Å². The number of nitrogen functional groups attached to an aromatic ring is 1. The number of aromatic nitrogens is 4. The first-order valence-corrected chi connectivity index (χ1v) is 10.6. The molecule has 0 bridgehead atoms. The van der Waals surface area contributed by atoms with Crippen molar-refractivity contribution in [1.29, 1.82) is 0 Å². The van der Waals surface area contributed by atoms with E-state index in [4.69, 9.17) is 10.7 Å². The number of rotatable bonds is 4. The Balaban J connectivity index is 1.51. The summed E-state index contributed by atoms with van der Waals surface area (Å²) < 4.78 is 0. The standard InChI is InChI=1S/C21H24N6OS/c1-13-6-16(17-9-23-21(22)24-10-17)7-19(25-13)15-4-3-5-27(11-15)20(28)8-18-12-29-14(2)26-18/h6-7,9-10,12,15H,3-5,8,11H2,1-2H3,(H2,22,23,24)/t15-/m1/s1. The number of pyridine rings is 1. The van der Waals surface area contributed by atoms with E-state index in [0.717, 1.165) is 52.6 Å². The van der Waals surface area contributed by atoms with Gasteiger partial charge in [-0.2, -0.15) is 0 Å². The zero-order chi connectivity index (χ0) is 20.4. The summed E-state index contributed by atoms with van der Waals surface area (Å²) >= 11 is 1.58. The van der Waals surface area contributed by atoms with Crippen molar-refractivity contribution >= 4 is 23.2 Å². The molecule has 0 aromatic carbocycles. The molecular formula is C21H24N6OS. The SMILES string of the molecule is Cc1cc(-c2cnc(N)nc2)cc([C@@H]2CCCN(C(=O)Cc3csc(C)n3)C2)n1. The van der Waals surface area contributed by atoms with Gasteiger partial charge in [0.25, 0.3) is 0 Å². The number of likely N-dealkylation sites (tertiary alicyclic amines) is 1. The molecule has 1 atom stereocenters. The van der Waals surface area contributed by atoms with Gasteiger partial charge in [0.2, 0.25) is 11.9 Å². The van der Waals surface area contributed by atoms with Crippen LogP contribution in [0.5, 0.6) is 0 Å².